The van der Waals surface area contributed by atoms with Crippen LogP contribution in [-0.2, 0) is 0 Å². The molecule has 66 valence electrons. The SMILES string of the molecule is Nc1cccc2c(O)cc(F)cc12. The fraction of sp³-hybridized carbons (Fsp3) is 0. The van der Waals surface area contributed by atoms with Crippen LogP contribution in [0.25, 0.3) is 10.8 Å². The Hall–Kier alpha value is -1.77. The van der Waals surface area contributed by atoms with E-state index in [-0.39, 0.29) is 5.75 Å². The van der Waals surface area contributed by atoms with E-state index in [2.05, 4.69) is 0 Å². The van der Waals surface area contributed by atoms with Crippen molar-refractivity contribution >= 4 is 16.5 Å². The fourth-order valence-electron chi connectivity index (χ4n) is 1.36. The highest BCUT2D eigenvalue weighted by Gasteiger charge is 2.04. The van der Waals surface area contributed by atoms with Crippen LogP contribution >= 0.6 is 0 Å². The minimum Gasteiger partial charge on any atom is -0.507 e. The molecule has 0 saturated carbocycles. The lowest BCUT2D eigenvalue weighted by atomic mass is 10.1. The van der Waals surface area contributed by atoms with E-state index in [4.69, 9.17) is 5.73 Å². The largest absolute Gasteiger partial charge is 0.507 e. The van der Waals surface area contributed by atoms with Gasteiger partial charge in [0.15, 0.2) is 0 Å². The zero-order chi connectivity index (χ0) is 9.42. The van der Waals surface area contributed by atoms with Gasteiger partial charge in [0, 0.05) is 22.5 Å². The van der Waals surface area contributed by atoms with Gasteiger partial charge < -0.3 is 10.8 Å². The molecule has 2 rings (SSSR count). The number of aromatic hydroxyl groups is 1. The zero-order valence-electron chi connectivity index (χ0n) is 6.79. The van der Waals surface area contributed by atoms with Gasteiger partial charge in [-0.15, -0.1) is 0 Å². The molecule has 0 spiro atoms. The van der Waals surface area contributed by atoms with Crippen molar-refractivity contribution < 1.29 is 9.50 Å². The van der Waals surface area contributed by atoms with Gasteiger partial charge >= 0.3 is 0 Å². The quantitative estimate of drug-likeness (QED) is 0.606. The van der Waals surface area contributed by atoms with E-state index in [0.29, 0.717) is 16.5 Å². The van der Waals surface area contributed by atoms with Gasteiger partial charge in [0.25, 0.3) is 0 Å². The number of phenolic OH excluding ortho intramolecular Hbond substituents is 1. The monoisotopic (exact) mass is 177 g/mol. The molecule has 0 aliphatic carbocycles. The number of hydrogen-bond acceptors (Lipinski definition) is 2. The van der Waals surface area contributed by atoms with Gasteiger partial charge in [-0.2, -0.15) is 0 Å². The molecule has 13 heavy (non-hydrogen) atoms. The molecule has 0 heterocycles. The van der Waals surface area contributed by atoms with Crippen molar-refractivity contribution in [1.82, 2.24) is 0 Å². The van der Waals surface area contributed by atoms with Crippen LogP contribution in [0.4, 0.5) is 10.1 Å². The standard InChI is InChI=1S/C10H8FNO/c11-6-4-8-7(10(13)5-6)2-1-3-9(8)12/h1-5,13H,12H2. The number of nitrogens with two attached hydrogens (primary N) is 1. The van der Waals surface area contributed by atoms with Gasteiger partial charge in [0.1, 0.15) is 11.6 Å². The Kier molecular flexibility index (Phi) is 1.59. The van der Waals surface area contributed by atoms with E-state index in [0.717, 1.165) is 6.07 Å². The van der Waals surface area contributed by atoms with Crippen molar-refractivity contribution in [2.24, 2.45) is 0 Å². The number of anilines is 1. The number of halogens is 1. The highest BCUT2D eigenvalue weighted by Crippen LogP contribution is 2.29. The predicted octanol–water partition coefficient (Wildman–Crippen LogP) is 2.27. The maximum Gasteiger partial charge on any atom is 0.127 e. The average molecular weight is 177 g/mol. The summed E-state index contributed by atoms with van der Waals surface area (Å²) < 4.78 is 12.9. The van der Waals surface area contributed by atoms with Crippen molar-refractivity contribution in [1.29, 1.82) is 0 Å². The molecule has 0 unspecified atom stereocenters. The summed E-state index contributed by atoms with van der Waals surface area (Å²) in [6.07, 6.45) is 0. The summed E-state index contributed by atoms with van der Waals surface area (Å²) in [6.45, 7) is 0. The number of benzene rings is 2. The molecule has 0 atom stereocenters. The number of rotatable bonds is 0. The van der Waals surface area contributed by atoms with Gasteiger partial charge in [0.05, 0.1) is 0 Å². The Morgan fingerprint density at radius 1 is 1.15 bits per heavy atom. The lowest BCUT2D eigenvalue weighted by Gasteiger charge is -2.03. The second kappa shape index (κ2) is 2.62. The Labute approximate surface area is 74.4 Å². The molecule has 3 heteroatoms. The van der Waals surface area contributed by atoms with Crippen molar-refractivity contribution in [3.63, 3.8) is 0 Å². The van der Waals surface area contributed by atoms with Crippen LogP contribution in [0, 0.1) is 5.82 Å². The highest BCUT2D eigenvalue weighted by atomic mass is 19.1. The number of hydrogen-bond donors (Lipinski definition) is 2. The van der Waals surface area contributed by atoms with Crippen molar-refractivity contribution in [3.8, 4) is 5.75 Å². The lowest BCUT2D eigenvalue weighted by molar-refractivity contribution is 0.476. The van der Waals surface area contributed by atoms with E-state index in [1.54, 1.807) is 18.2 Å². The Morgan fingerprint density at radius 2 is 1.92 bits per heavy atom. The third kappa shape index (κ3) is 1.18. The first kappa shape index (κ1) is 7.86. The van der Waals surface area contributed by atoms with Gasteiger partial charge in [-0.1, -0.05) is 12.1 Å². The summed E-state index contributed by atoms with van der Waals surface area (Å²) in [5, 5.41) is 10.5. The third-order valence-corrected chi connectivity index (χ3v) is 1.97. The van der Waals surface area contributed by atoms with Gasteiger partial charge in [-0.25, -0.2) is 4.39 Å². The van der Waals surface area contributed by atoms with Crippen LogP contribution in [0.5, 0.6) is 5.75 Å². The number of fused-ring (bicyclic) bond motifs is 1. The Balaban J connectivity index is 2.94. The van der Waals surface area contributed by atoms with Crippen molar-refractivity contribution in [2.75, 3.05) is 5.73 Å². The van der Waals surface area contributed by atoms with E-state index in [9.17, 15) is 9.50 Å². The first-order valence-corrected chi connectivity index (χ1v) is 3.85. The average Bonchev–Trinajstić information content (AvgIpc) is 2.07. The van der Waals surface area contributed by atoms with Crippen LogP contribution < -0.4 is 5.73 Å². The Morgan fingerprint density at radius 3 is 2.69 bits per heavy atom. The molecule has 0 saturated heterocycles. The molecule has 2 aromatic carbocycles. The summed E-state index contributed by atoms with van der Waals surface area (Å²) >= 11 is 0. The predicted molar refractivity (Wildman–Crippen MR) is 50.0 cm³/mol. The summed E-state index contributed by atoms with van der Waals surface area (Å²) in [5.74, 6) is -0.565. The number of nitrogen functional groups attached to an aromatic ring is 1. The van der Waals surface area contributed by atoms with Crippen LogP contribution in [0.15, 0.2) is 30.3 Å². The zero-order valence-corrected chi connectivity index (χ0v) is 6.79. The van der Waals surface area contributed by atoms with E-state index >= 15 is 0 Å². The molecular formula is C10H8FNO. The maximum atomic E-state index is 12.9. The van der Waals surface area contributed by atoms with E-state index in [1.165, 1.54) is 6.07 Å². The van der Waals surface area contributed by atoms with Crippen molar-refractivity contribution in [3.05, 3.63) is 36.1 Å². The van der Waals surface area contributed by atoms with E-state index < -0.39 is 5.82 Å². The van der Waals surface area contributed by atoms with Gasteiger partial charge in [-0.3, -0.25) is 0 Å². The molecule has 0 aliphatic heterocycles. The fourth-order valence-corrected chi connectivity index (χ4v) is 1.36. The summed E-state index contributed by atoms with van der Waals surface area (Å²) in [5.41, 5.74) is 6.08. The first-order chi connectivity index (χ1) is 6.18. The van der Waals surface area contributed by atoms with Crippen LogP contribution in [-0.4, -0.2) is 5.11 Å². The van der Waals surface area contributed by atoms with Crippen LogP contribution in [0.1, 0.15) is 0 Å². The molecule has 0 fully saturated rings. The second-order valence-corrected chi connectivity index (χ2v) is 2.87. The minimum atomic E-state index is -0.483. The lowest BCUT2D eigenvalue weighted by Crippen LogP contribution is -1.87. The van der Waals surface area contributed by atoms with Crippen LogP contribution in [0.2, 0.25) is 0 Å². The molecule has 0 bridgehead atoms. The number of phenols is 1. The normalized spacial score (nSPS) is 10.5. The molecule has 0 aromatic heterocycles. The molecule has 0 amide bonds. The van der Waals surface area contributed by atoms with Crippen LogP contribution in [0.3, 0.4) is 0 Å². The molecule has 2 nitrogen and oxygen atoms in total. The first-order valence-electron chi connectivity index (χ1n) is 3.85. The molecular weight excluding hydrogens is 169 g/mol. The summed E-state index contributed by atoms with van der Waals surface area (Å²) in [6, 6.07) is 7.46. The molecule has 0 radical (unpaired) electrons. The molecule has 0 aliphatic rings. The minimum absolute atomic E-state index is 0.0812. The van der Waals surface area contributed by atoms with Gasteiger partial charge in [-0.05, 0) is 12.1 Å². The van der Waals surface area contributed by atoms with Crippen molar-refractivity contribution in [2.45, 2.75) is 0 Å². The topological polar surface area (TPSA) is 46.2 Å². The summed E-state index contributed by atoms with van der Waals surface area (Å²) in [7, 11) is 0. The summed E-state index contributed by atoms with van der Waals surface area (Å²) in [4.78, 5) is 0. The third-order valence-electron chi connectivity index (χ3n) is 1.97. The second-order valence-electron chi connectivity index (χ2n) is 2.87. The van der Waals surface area contributed by atoms with Gasteiger partial charge in [0.2, 0.25) is 0 Å². The Bertz CT molecular complexity index is 468. The smallest absolute Gasteiger partial charge is 0.127 e. The maximum absolute atomic E-state index is 12.9. The highest BCUT2D eigenvalue weighted by molar-refractivity contribution is 5.96. The molecule has 3 N–H and O–H groups in total. The molecule has 2 aromatic rings. The van der Waals surface area contributed by atoms with E-state index in [1.807, 2.05) is 0 Å².